The first kappa shape index (κ1) is 12.8. The Hall–Kier alpha value is -1.68. The minimum atomic E-state index is -0.911. The number of hydrogen-bond acceptors (Lipinski definition) is 1. The number of anilines is 1. The standard InChI is InChI=1S/C13H9ClF3N/c14-9-4-10(15)6-11(5-9)18-7-8-2-1-3-12(16)13(8)17/h1-6,18H,7H2. The highest BCUT2D eigenvalue weighted by Crippen LogP contribution is 2.19. The summed E-state index contributed by atoms with van der Waals surface area (Å²) < 4.78 is 39.3. The van der Waals surface area contributed by atoms with Gasteiger partial charge in [-0.3, -0.25) is 0 Å². The van der Waals surface area contributed by atoms with E-state index in [1.807, 2.05) is 0 Å². The molecule has 0 spiro atoms. The van der Waals surface area contributed by atoms with Crippen molar-refractivity contribution in [3.05, 3.63) is 64.4 Å². The van der Waals surface area contributed by atoms with E-state index in [0.29, 0.717) is 5.69 Å². The molecule has 2 aromatic rings. The van der Waals surface area contributed by atoms with Gasteiger partial charge in [-0.15, -0.1) is 0 Å². The maximum absolute atomic E-state index is 13.3. The van der Waals surface area contributed by atoms with Gasteiger partial charge in [0.2, 0.25) is 0 Å². The van der Waals surface area contributed by atoms with Crippen LogP contribution in [0.3, 0.4) is 0 Å². The molecule has 94 valence electrons. The quantitative estimate of drug-likeness (QED) is 0.874. The minimum absolute atomic E-state index is 0.0450. The summed E-state index contributed by atoms with van der Waals surface area (Å²) in [6, 6.07) is 7.79. The van der Waals surface area contributed by atoms with Crippen molar-refractivity contribution < 1.29 is 13.2 Å². The van der Waals surface area contributed by atoms with Crippen molar-refractivity contribution in [1.29, 1.82) is 0 Å². The van der Waals surface area contributed by atoms with Crippen LogP contribution in [0.2, 0.25) is 5.02 Å². The number of rotatable bonds is 3. The van der Waals surface area contributed by atoms with Gasteiger partial charge in [0.1, 0.15) is 5.82 Å². The molecule has 0 fully saturated rings. The fraction of sp³-hybridized carbons (Fsp3) is 0.0769. The second kappa shape index (κ2) is 5.31. The Morgan fingerprint density at radius 1 is 1.06 bits per heavy atom. The van der Waals surface area contributed by atoms with Gasteiger partial charge >= 0.3 is 0 Å². The van der Waals surface area contributed by atoms with Crippen molar-refractivity contribution in [3.63, 3.8) is 0 Å². The second-order valence-corrected chi connectivity index (χ2v) is 4.16. The lowest BCUT2D eigenvalue weighted by molar-refractivity contribution is 0.500. The molecule has 1 nitrogen and oxygen atoms in total. The van der Waals surface area contributed by atoms with E-state index in [1.165, 1.54) is 24.3 Å². The number of halogens is 4. The topological polar surface area (TPSA) is 12.0 Å². The molecular weight excluding hydrogens is 263 g/mol. The minimum Gasteiger partial charge on any atom is -0.381 e. The van der Waals surface area contributed by atoms with Crippen LogP contribution in [0.1, 0.15) is 5.56 Å². The van der Waals surface area contributed by atoms with Crippen LogP contribution >= 0.6 is 11.6 Å². The molecule has 0 heterocycles. The maximum atomic E-state index is 13.3. The smallest absolute Gasteiger partial charge is 0.163 e. The molecular formula is C13H9ClF3N. The Morgan fingerprint density at radius 2 is 1.83 bits per heavy atom. The lowest BCUT2D eigenvalue weighted by atomic mass is 10.2. The van der Waals surface area contributed by atoms with E-state index in [0.717, 1.165) is 12.1 Å². The third-order valence-corrected chi connectivity index (χ3v) is 2.60. The summed E-state index contributed by atoms with van der Waals surface area (Å²) in [5, 5.41) is 3.01. The first-order valence-electron chi connectivity index (χ1n) is 5.19. The molecule has 0 aromatic heterocycles. The van der Waals surface area contributed by atoms with E-state index in [1.54, 1.807) is 0 Å². The second-order valence-electron chi connectivity index (χ2n) is 3.72. The van der Waals surface area contributed by atoms with Crippen LogP contribution in [-0.2, 0) is 6.54 Å². The van der Waals surface area contributed by atoms with Crippen molar-refractivity contribution >= 4 is 17.3 Å². The summed E-state index contributed by atoms with van der Waals surface area (Å²) in [5.41, 5.74) is 0.569. The van der Waals surface area contributed by atoms with Crippen LogP contribution in [-0.4, -0.2) is 0 Å². The highest BCUT2D eigenvalue weighted by molar-refractivity contribution is 6.30. The van der Waals surface area contributed by atoms with Gasteiger partial charge in [0, 0.05) is 22.8 Å². The molecule has 0 unspecified atom stereocenters. The van der Waals surface area contributed by atoms with Gasteiger partial charge in [0.25, 0.3) is 0 Å². The Morgan fingerprint density at radius 3 is 2.56 bits per heavy atom. The molecule has 0 aliphatic carbocycles. The van der Waals surface area contributed by atoms with Gasteiger partial charge in [0.15, 0.2) is 11.6 Å². The zero-order chi connectivity index (χ0) is 13.1. The summed E-state index contributed by atoms with van der Waals surface area (Å²) in [7, 11) is 0. The van der Waals surface area contributed by atoms with Gasteiger partial charge in [0.05, 0.1) is 0 Å². The fourth-order valence-electron chi connectivity index (χ4n) is 1.54. The van der Waals surface area contributed by atoms with Crippen molar-refractivity contribution in [2.45, 2.75) is 6.54 Å². The van der Waals surface area contributed by atoms with Gasteiger partial charge in [-0.25, -0.2) is 13.2 Å². The van der Waals surface area contributed by atoms with Gasteiger partial charge < -0.3 is 5.32 Å². The first-order valence-corrected chi connectivity index (χ1v) is 5.57. The predicted molar refractivity (Wildman–Crippen MR) is 65.1 cm³/mol. The zero-order valence-electron chi connectivity index (χ0n) is 9.18. The van der Waals surface area contributed by atoms with Crippen molar-refractivity contribution in [2.75, 3.05) is 5.32 Å². The average molecular weight is 272 g/mol. The normalized spacial score (nSPS) is 10.4. The lowest BCUT2D eigenvalue weighted by Gasteiger charge is -2.08. The Labute approximate surface area is 107 Å². The number of benzene rings is 2. The number of hydrogen-bond donors (Lipinski definition) is 1. The third kappa shape index (κ3) is 2.96. The van der Waals surface area contributed by atoms with Crippen LogP contribution in [0.4, 0.5) is 18.9 Å². The average Bonchev–Trinajstić information content (AvgIpc) is 2.30. The van der Waals surface area contributed by atoms with Crippen molar-refractivity contribution in [2.24, 2.45) is 0 Å². The van der Waals surface area contributed by atoms with Gasteiger partial charge in [-0.2, -0.15) is 0 Å². The Kier molecular flexibility index (Phi) is 3.77. The largest absolute Gasteiger partial charge is 0.381 e. The predicted octanol–water partition coefficient (Wildman–Crippen LogP) is 4.37. The molecule has 1 N–H and O–H groups in total. The molecule has 2 aromatic carbocycles. The van der Waals surface area contributed by atoms with Crippen LogP contribution in [0.25, 0.3) is 0 Å². The molecule has 0 amide bonds. The molecule has 0 radical (unpaired) electrons. The summed E-state index contributed by atoms with van der Waals surface area (Å²) in [6.07, 6.45) is 0. The Balaban J connectivity index is 2.14. The zero-order valence-corrected chi connectivity index (χ0v) is 9.94. The van der Waals surface area contributed by atoms with E-state index in [9.17, 15) is 13.2 Å². The first-order chi connectivity index (χ1) is 8.56. The monoisotopic (exact) mass is 271 g/mol. The molecule has 0 aliphatic heterocycles. The summed E-state index contributed by atoms with van der Waals surface area (Å²) in [6.45, 7) is 0.0450. The van der Waals surface area contributed by atoms with Crippen LogP contribution in [0.5, 0.6) is 0 Å². The molecule has 2 rings (SSSR count). The fourth-order valence-corrected chi connectivity index (χ4v) is 1.76. The molecule has 5 heteroatoms. The van der Waals surface area contributed by atoms with Gasteiger partial charge in [-0.1, -0.05) is 23.7 Å². The maximum Gasteiger partial charge on any atom is 0.163 e. The Bertz CT molecular complexity index is 552. The van der Waals surface area contributed by atoms with Crippen LogP contribution in [0.15, 0.2) is 36.4 Å². The summed E-state index contributed by atoms with van der Waals surface area (Å²) in [4.78, 5) is 0. The molecule has 0 atom stereocenters. The SMILES string of the molecule is Fc1cc(Cl)cc(NCc2cccc(F)c2F)c1. The number of nitrogens with one attached hydrogen (secondary N) is 1. The van der Waals surface area contributed by atoms with E-state index in [-0.39, 0.29) is 17.1 Å². The highest BCUT2D eigenvalue weighted by Gasteiger charge is 2.07. The van der Waals surface area contributed by atoms with Crippen molar-refractivity contribution in [3.8, 4) is 0 Å². The molecule has 0 saturated heterocycles. The van der Waals surface area contributed by atoms with E-state index >= 15 is 0 Å². The van der Waals surface area contributed by atoms with E-state index in [4.69, 9.17) is 11.6 Å². The molecule has 0 bridgehead atoms. The van der Waals surface area contributed by atoms with Crippen molar-refractivity contribution in [1.82, 2.24) is 0 Å². The third-order valence-electron chi connectivity index (χ3n) is 2.38. The van der Waals surface area contributed by atoms with Crippen LogP contribution in [0, 0.1) is 17.5 Å². The van der Waals surface area contributed by atoms with E-state index < -0.39 is 17.5 Å². The summed E-state index contributed by atoms with van der Waals surface area (Å²) in [5.74, 6) is -2.32. The summed E-state index contributed by atoms with van der Waals surface area (Å²) >= 11 is 5.67. The molecule has 0 aliphatic rings. The molecule has 18 heavy (non-hydrogen) atoms. The van der Waals surface area contributed by atoms with Crippen LogP contribution < -0.4 is 5.32 Å². The van der Waals surface area contributed by atoms with Gasteiger partial charge in [-0.05, 0) is 24.3 Å². The molecule has 0 saturated carbocycles. The van der Waals surface area contributed by atoms with E-state index in [2.05, 4.69) is 5.32 Å². The highest BCUT2D eigenvalue weighted by atomic mass is 35.5. The lowest BCUT2D eigenvalue weighted by Crippen LogP contribution is -2.03.